The quantitative estimate of drug-likeness (QED) is 0.842. The van der Waals surface area contributed by atoms with Crippen LogP contribution in [0.2, 0.25) is 0 Å². The highest BCUT2D eigenvalue weighted by Crippen LogP contribution is 2.42. The molecule has 0 saturated carbocycles. The number of carbonyl (C=O) groups is 2. The van der Waals surface area contributed by atoms with E-state index in [1.807, 2.05) is 18.7 Å². The van der Waals surface area contributed by atoms with Crippen LogP contribution < -0.4 is 4.90 Å². The Labute approximate surface area is 129 Å². The van der Waals surface area contributed by atoms with Crippen molar-refractivity contribution in [3.63, 3.8) is 0 Å². The normalized spacial score (nSPS) is 24.8. The van der Waals surface area contributed by atoms with E-state index in [1.54, 1.807) is 17.0 Å². The van der Waals surface area contributed by atoms with E-state index in [9.17, 15) is 14.0 Å². The highest BCUT2D eigenvalue weighted by Gasteiger charge is 2.48. The Morgan fingerprint density at radius 3 is 2.55 bits per heavy atom. The van der Waals surface area contributed by atoms with Gasteiger partial charge in [0.15, 0.2) is 0 Å². The van der Waals surface area contributed by atoms with E-state index in [-0.39, 0.29) is 29.0 Å². The van der Waals surface area contributed by atoms with Gasteiger partial charge >= 0.3 is 0 Å². The van der Waals surface area contributed by atoms with Crippen LogP contribution in [0, 0.1) is 17.2 Å². The van der Waals surface area contributed by atoms with Crippen LogP contribution in [0.1, 0.15) is 26.7 Å². The molecule has 1 spiro atoms. The summed E-state index contributed by atoms with van der Waals surface area (Å²) in [6, 6.07) is 6.02. The predicted octanol–water partition coefficient (Wildman–Crippen LogP) is 2.44. The van der Waals surface area contributed by atoms with Gasteiger partial charge in [-0.25, -0.2) is 4.39 Å². The molecule has 4 nitrogen and oxygen atoms in total. The molecule has 1 atom stereocenters. The van der Waals surface area contributed by atoms with Gasteiger partial charge in [-0.15, -0.1) is 0 Å². The minimum atomic E-state index is -0.306. The first-order chi connectivity index (χ1) is 10.4. The molecule has 0 radical (unpaired) electrons. The van der Waals surface area contributed by atoms with E-state index in [0.29, 0.717) is 19.5 Å². The van der Waals surface area contributed by atoms with Crippen LogP contribution in [0.25, 0.3) is 0 Å². The maximum Gasteiger partial charge on any atom is 0.227 e. The smallest absolute Gasteiger partial charge is 0.227 e. The summed E-state index contributed by atoms with van der Waals surface area (Å²) in [6.45, 7) is 5.78. The number of halogens is 1. The van der Waals surface area contributed by atoms with Crippen LogP contribution in [0.5, 0.6) is 0 Å². The van der Waals surface area contributed by atoms with Crippen LogP contribution >= 0.6 is 0 Å². The van der Waals surface area contributed by atoms with E-state index in [4.69, 9.17) is 0 Å². The van der Waals surface area contributed by atoms with Crippen molar-refractivity contribution in [2.24, 2.45) is 11.3 Å². The Hall–Kier alpha value is -1.91. The van der Waals surface area contributed by atoms with Gasteiger partial charge in [-0.3, -0.25) is 9.59 Å². The number of rotatable bonds is 2. The van der Waals surface area contributed by atoms with Gasteiger partial charge in [0.25, 0.3) is 0 Å². The van der Waals surface area contributed by atoms with Gasteiger partial charge in [0.1, 0.15) is 5.82 Å². The average Bonchev–Trinajstić information content (AvgIpc) is 3.03. The molecule has 0 N–H and O–H groups in total. The van der Waals surface area contributed by atoms with Crippen molar-refractivity contribution in [2.75, 3.05) is 24.5 Å². The molecule has 5 heteroatoms. The molecule has 2 heterocycles. The lowest BCUT2D eigenvalue weighted by atomic mass is 9.86. The summed E-state index contributed by atoms with van der Waals surface area (Å²) in [5.41, 5.74) is 0.590. The number of hydrogen-bond acceptors (Lipinski definition) is 2. The van der Waals surface area contributed by atoms with Crippen molar-refractivity contribution in [3.05, 3.63) is 30.1 Å². The lowest BCUT2D eigenvalue weighted by molar-refractivity contribution is -0.133. The summed E-state index contributed by atoms with van der Waals surface area (Å²) < 4.78 is 13.0. The van der Waals surface area contributed by atoms with Crippen LogP contribution in [0.3, 0.4) is 0 Å². The molecule has 2 fully saturated rings. The first-order valence-electron chi connectivity index (χ1n) is 7.75. The highest BCUT2D eigenvalue weighted by atomic mass is 19.1. The second kappa shape index (κ2) is 5.38. The predicted molar refractivity (Wildman–Crippen MR) is 81.8 cm³/mol. The molecule has 3 rings (SSSR count). The third kappa shape index (κ3) is 2.60. The minimum Gasteiger partial charge on any atom is -0.342 e. The van der Waals surface area contributed by atoms with Crippen LogP contribution in [-0.2, 0) is 9.59 Å². The number of carbonyl (C=O) groups excluding carboxylic acids is 2. The number of anilines is 1. The van der Waals surface area contributed by atoms with Crippen molar-refractivity contribution in [1.29, 1.82) is 0 Å². The molecule has 2 aliphatic heterocycles. The van der Waals surface area contributed by atoms with E-state index >= 15 is 0 Å². The van der Waals surface area contributed by atoms with E-state index < -0.39 is 0 Å². The first kappa shape index (κ1) is 15.0. The molecular formula is C17H21FN2O2. The number of hydrogen-bond donors (Lipinski definition) is 0. The third-order valence-electron chi connectivity index (χ3n) is 4.70. The topological polar surface area (TPSA) is 40.6 Å². The summed E-state index contributed by atoms with van der Waals surface area (Å²) >= 11 is 0. The molecule has 1 aromatic carbocycles. The fraction of sp³-hybridized carbons (Fsp3) is 0.529. The summed E-state index contributed by atoms with van der Waals surface area (Å²) in [4.78, 5) is 28.1. The second-order valence-electron chi connectivity index (χ2n) is 6.80. The molecule has 2 saturated heterocycles. The highest BCUT2D eigenvalue weighted by molar-refractivity contribution is 5.96. The van der Waals surface area contributed by atoms with Gasteiger partial charge in [0, 0.05) is 43.1 Å². The number of amides is 2. The van der Waals surface area contributed by atoms with Crippen molar-refractivity contribution in [2.45, 2.75) is 26.7 Å². The average molecular weight is 304 g/mol. The van der Waals surface area contributed by atoms with Gasteiger partial charge in [0.2, 0.25) is 11.8 Å². The molecule has 118 valence electrons. The fourth-order valence-electron chi connectivity index (χ4n) is 3.51. The van der Waals surface area contributed by atoms with Crippen molar-refractivity contribution < 1.29 is 14.0 Å². The maximum atomic E-state index is 13.0. The SMILES string of the molecule is CC(C)C(=O)N1CC[C@]2(CC(=O)N(c3ccc(F)cc3)C2)C1. The number of likely N-dealkylation sites (tertiary alicyclic amines) is 1. The molecule has 1 aromatic rings. The van der Waals surface area contributed by atoms with Gasteiger partial charge in [-0.05, 0) is 30.7 Å². The van der Waals surface area contributed by atoms with Gasteiger partial charge in [0.05, 0.1) is 0 Å². The van der Waals surface area contributed by atoms with Crippen molar-refractivity contribution in [1.82, 2.24) is 4.90 Å². The zero-order valence-corrected chi connectivity index (χ0v) is 13.0. The maximum absolute atomic E-state index is 13.0. The van der Waals surface area contributed by atoms with Crippen LogP contribution in [0.4, 0.5) is 10.1 Å². The zero-order chi connectivity index (χ0) is 15.9. The number of benzene rings is 1. The van der Waals surface area contributed by atoms with Gasteiger partial charge in [-0.2, -0.15) is 0 Å². The first-order valence-corrected chi connectivity index (χ1v) is 7.75. The van der Waals surface area contributed by atoms with Crippen LogP contribution in [0.15, 0.2) is 24.3 Å². The third-order valence-corrected chi connectivity index (χ3v) is 4.70. The molecule has 0 bridgehead atoms. The Bertz CT molecular complexity index is 599. The van der Waals surface area contributed by atoms with Gasteiger partial charge < -0.3 is 9.80 Å². The lowest BCUT2D eigenvalue weighted by Gasteiger charge is -2.25. The number of nitrogens with zero attached hydrogens (tertiary/aromatic N) is 2. The van der Waals surface area contributed by atoms with E-state index in [0.717, 1.165) is 18.7 Å². The molecule has 0 aliphatic carbocycles. The lowest BCUT2D eigenvalue weighted by Crippen LogP contribution is -2.36. The van der Waals surface area contributed by atoms with E-state index in [1.165, 1.54) is 12.1 Å². The van der Waals surface area contributed by atoms with E-state index in [2.05, 4.69) is 0 Å². The summed E-state index contributed by atoms with van der Waals surface area (Å²) in [7, 11) is 0. The van der Waals surface area contributed by atoms with Crippen LogP contribution in [-0.4, -0.2) is 36.3 Å². The molecule has 2 amide bonds. The monoisotopic (exact) mass is 304 g/mol. The largest absolute Gasteiger partial charge is 0.342 e. The second-order valence-corrected chi connectivity index (χ2v) is 6.80. The molecule has 2 aliphatic rings. The molecular weight excluding hydrogens is 283 g/mol. The molecule has 0 unspecified atom stereocenters. The Kier molecular flexibility index (Phi) is 3.67. The van der Waals surface area contributed by atoms with Gasteiger partial charge in [-0.1, -0.05) is 13.8 Å². The summed E-state index contributed by atoms with van der Waals surface area (Å²) in [6.07, 6.45) is 1.32. The minimum absolute atomic E-state index is 0.0135. The molecule has 22 heavy (non-hydrogen) atoms. The summed E-state index contributed by atoms with van der Waals surface area (Å²) in [5, 5.41) is 0. The van der Waals surface area contributed by atoms with Crippen molar-refractivity contribution in [3.8, 4) is 0 Å². The standard InChI is InChI=1S/C17H21FN2O2/c1-12(2)16(22)19-8-7-17(10-19)9-15(21)20(11-17)14-5-3-13(18)4-6-14/h3-6,12H,7-11H2,1-2H3/t17-/m0/s1. The Morgan fingerprint density at radius 1 is 1.23 bits per heavy atom. The Morgan fingerprint density at radius 2 is 1.91 bits per heavy atom. The zero-order valence-electron chi connectivity index (χ0n) is 13.0. The fourth-order valence-corrected chi connectivity index (χ4v) is 3.51. The summed E-state index contributed by atoms with van der Waals surface area (Å²) in [5.74, 6) is -0.102. The van der Waals surface area contributed by atoms with Crippen molar-refractivity contribution >= 4 is 17.5 Å². The molecule has 0 aromatic heterocycles. The Balaban J connectivity index is 1.75.